The standard InChI is InChI=1S/C16H20FNO2/c17-14-5-7-15(8-6-14)20-11-16(19)18-9-1-2-13(10-18)12-3-4-12/h5-8,12-13H,1-4,9-11H2. The van der Waals surface area contributed by atoms with Crippen LogP contribution in [-0.2, 0) is 4.79 Å². The fraction of sp³-hybridized carbons (Fsp3) is 0.562. The molecule has 1 amide bonds. The van der Waals surface area contributed by atoms with E-state index in [0.717, 1.165) is 25.4 Å². The summed E-state index contributed by atoms with van der Waals surface area (Å²) in [7, 11) is 0. The van der Waals surface area contributed by atoms with Crippen LogP contribution in [0, 0.1) is 17.7 Å². The molecule has 0 aromatic heterocycles. The van der Waals surface area contributed by atoms with Crippen LogP contribution >= 0.6 is 0 Å². The molecule has 3 nitrogen and oxygen atoms in total. The van der Waals surface area contributed by atoms with Crippen LogP contribution in [0.15, 0.2) is 24.3 Å². The summed E-state index contributed by atoms with van der Waals surface area (Å²) < 4.78 is 18.2. The molecule has 0 radical (unpaired) electrons. The summed E-state index contributed by atoms with van der Waals surface area (Å²) in [4.78, 5) is 14.1. The van der Waals surface area contributed by atoms with Gasteiger partial charge in [0.1, 0.15) is 11.6 Å². The van der Waals surface area contributed by atoms with Crippen LogP contribution in [0.4, 0.5) is 4.39 Å². The van der Waals surface area contributed by atoms with E-state index < -0.39 is 0 Å². The Hall–Kier alpha value is -1.58. The summed E-state index contributed by atoms with van der Waals surface area (Å²) in [6, 6.07) is 5.77. The Morgan fingerprint density at radius 3 is 2.65 bits per heavy atom. The zero-order valence-electron chi connectivity index (χ0n) is 11.6. The number of ether oxygens (including phenoxy) is 1. The second kappa shape index (κ2) is 5.81. The number of halogens is 1. The van der Waals surface area contributed by atoms with Crippen LogP contribution in [0.2, 0.25) is 0 Å². The zero-order chi connectivity index (χ0) is 13.9. The molecule has 20 heavy (non-hydrogen) atoms. The number of likely N-dealkylation sites (tertiary alicyclic amines) is 1. The van der Waals surface area contributed by atoms with Gasteiger partial charge in [-0.1, -0.05) is 0 Å². The van der Waals surface area contributed by atoms with E-state index in [1.165, 1.54) is 31.4 Å². The van der Waals surface area contributed by atoms with Crippen molar-refractivity contribution in [1.82, 2.24) is 4.90 Å². The molecule has 2 fully saturated rings. The van der Waals surface area contributed by atoms with E-state index in [2.05, 4.69) is 0 Å². The van der Waals surface area contributed by atoms with Crippen molar-refractivity contribution in [3.8, 4) is 5.75 Å². The van der Waals surface area contributed by atoms with Crippen molar-refractivity contribution in [2.75, 3.05) is 19.7 Å². The third-order valence-corrected chi connectivity index (χ3v) is 4.28. The van der Waals surface area contributed by atoms with Gasteiger partial charge in [-0.2, -0.15) is 0 Å². The van der Waals surface area contributed by atoms with Crippen LogP contribution in [0.1, 0.15) is 25.7 Å². The number of amides is 1. The van der Waals surface area contributed by atoms with Gasteiger partial charge in [0.15, 0.2) is 6.61 Å². The lowest BCUT2D eigenvalue weighted by Crippen LogP contribution is -2.42. The zero-order valence-corrected chi connectivity index (χ0v) is 11.6. The molecular formula is C16H20FNO2. The predicted octanol–water partition coefficient (Wildman–Crippen LogP) is 2.85. The number of piperidine rings is 1. The molecule has 1 aliphatic heterocycles. The van der Waals surface area contributed by atoms with Crippen LogP contribution in [0.5, 0.6) is 5.75 Å². The van der Waals surface area contributed by atoms with E-state index in [1.54, 1.807) is 12.1 Å². The number of benzene rings is 1. The van der Waals surface area contributed by atoms with Gasteiger partial charge in [-0.25, -0.2) is 4.39 Å². The number of hydrogen-bond donors (Lipinski definition) is 0. The summed E-state index contributed by atoms with van der Waals surface area (Å²) in [6.07, 6.45) is 5.02. The average molecular weight is 277 g/mol. The van der Waals surface area contributed by atoms with Crippen molar-refractivity contribution in [2.24, 2.45) is 11.8 Å². The van der Waals surface area contributed by atoms with Crippen molar-refractivity contribution in [3.63, 3.8) is 0 Å². The molecule has 1 aromatic carbocycles. The highest BCUT2D eigenvalue weighted by molar-refractivity contribution is 5.77. The highest BCUT2D eigenvalue weighted by Gasteiger charge is 2.35. The molecule has 1 unspecified atom stereocenters. The topological polar surface area (TPSA) is 29.5 Å². The maximum absolute atomic E-state index is 12.8. The summed E-state index contributed by atoms with van der Waals surface area (Å²) in [6.45, 7) is 1.77. The van der Waals surface area contributed by atoms with E-state index in [1.807, 2.05) is 4.90 Å². The molecule has 1 saturated carbocycles. The predicted molar refractivity (Wildman–Crippen MR) is 73.9 cm³/mol. The quantitative estimate of drug-likeness (QED) is 0.847. The van der Waals surface area contributed by atoms with Crippen molar-refractivity contribution in [3.05, 3.63) is 30.1 Å². The van der Waals surface area contributed by atoms with Gasteiger partial charge in [0.2, 0.25) is 0 Å². The number of rotatable bonds is 4. The molecule has 108 valence electrons. The van der Waals surface area contributed by atoms with Crippen LogP contribution < -0.4 is 4.74 Å². The molecule has 0 N–H and O–H groups in total. The Morgan fingerprint density at radius 2 is 1.95 bits per heavy atom. The van der Waals surface area contributed by atoms with Crippen molar-refractivity contribution in [1.29, 1.82) is 0 Å². The van der Waals surface area contributed by atoms with Gasteiger partial charge < -0.3 is 9.64 Å². The molecule has 0 spiro atoms. The molecule has 1 aromatic rings. The van der Waals surface area contributed by atoms with Crippen molar-refractivity contribution >= 4 is 5.91 Å². The molecule has 1 atom stereocenters. The van der Waals surface area contributed by atoms with Gasteiger partial charge in [-0.3, -0.25) is 4.79 Å². The molecule has 1 heterocycles. The second-order valence-corrected chi connectivity index (χ2v) is 5.82. The van der Waals surface area contributed by atoms with Crippen LogP contribution in [0.3, 0.4) is 0 Å². The van der Waals surface area contributed by atoms with Gasteiger partial charge >= 0.3 is 0 Å². The molecule has 0 bridgehead atoms. The van der Waals surface area contributed by atoms with Gasteiger partial charge in [0, 0.05) is 13.1 Å². The smallest absolute Gasteiger partial charge is 0.260 e. The SMILES string of the molecule is O=C(COc1ccc(F)cc1)N1CCCC(C2CC2)C1. The van der Waals surface area contributed by atoms with E-state index in [4.69, 9.17) is 4.74 Å². The Labute approximate surface area is 118 Å². The molecule has 1 saturated heterocycles. The van der Waals surface area contributed by atoms with E-state index in [0.29, 0.717) is 11.7 Å². The molecule has 4 heteroatoms. The highest BCUT2D eigenvalue weighted by Crippen LogP contribution is 2.40. The number of carbonyl (C=O) groups is 1. The first-order valence-electron chi connectivity index (χ1n) is 7.38. The summed E-state index contributed by atoms with van der Waals surface area (Å²) in [5.74, 6) is 1.82. The number of nitrogens with zero attached hydrogens (tertiary/aromatic N) is 1. The largest absolute Gasteiger partial charge is 0.484 e. The Kier molecular flexibility index (Phi) is 3.90. The minimum absolute atomic E-state index is 0.0414. The Morgan fingerprint density at radius 1 is 1.20 bits per heavy atom. The van der Waals surface area contributed by atoms with Gasteiger partial charge in [0.25, 0.3) is 5.91 Å². The van der Waals surface area contributed by atoms with E-state index in [-0.39, 0.29) is 18.3 Å². The summed E-state index contributed by atoms with van der Waals surface area (Å²) >= 11 is 0. The van der Waals surface area contributed by atoms with Gasteiger partial charge in [-0.15, -0.1) is 0 Å². The maximum Gasteiger partial charge on any atom is 0.260 e. The third kappa shape index (κ3) is 3.30. The number of carbonyl (C=O) groups excluding carboxylic acids is 1. The van der Waals surface area contributed by atoms with Crippen LogP contribution in [0.25, 0.3) is 0 Å². The maximum atomic E-state index is 12.8. The van der Waals surface area contributed by atoms with E-state index >= 15 is 0 Å². The lowest BCUT2D eigenvalue weighted by atomic mass is 9.93. The summed E-state index contributed by atoms with van der Waals surface area (Å²) in [5.41, 5.74) is 0. The first kappa shape index (κ1) is 13.4. The van der Waals surface area contributed by atoms with Crippen LogP contribution in [-0.4, -0.2) is 30.5 Å². The molecule has 2 aliphatic rings. The lowest BCUT2D eigenvalue weighted by molar-refractivity contribution is -0.135. The van der Waals surface area contributed by atoms with E-state index in [9.17, 15) is 9.18 Å². The minimum Gasteiger partial charge on any atom is -0.484 e. The Balaban J connectivity index is 1.49. The fourth-order valence-corrected chi connectivity index (χ4v) is 2.96. The first-order chi connectivity index (χ1) is 9.72. The lowest BCUT2D eigenvalue weighted by Gasteiger charge is -2.32. The van der Waals surface area contributed by atoms with Gasteiger partial charge in [-0.05, 0) is 61.8 Å². The minimum atomic E-state index is -0.299. The summed E-state index contributed by atoms with van der Waals surface area (Å²) in [5, 5.41) is 0. The third-order valence-electron chi connectivity index (χ3n) is 4.28. The number of hydrogen-bond acceptors (Lipinski definition) is 2. The fourth-order valence-electron chi connectivity index (χ4n) is 2.96. The highest BCUT2D eigenvalue weighted by atomic mass is 19.1. The van der Waals surface area contributed by atoms with Crippen molar-refractivity contribution < 1.29 is 13.9 Å². The Bertz CT molecular complexity index is 470. The first-order valence-corrected chi connectivity index (χ1v) is 7.38. The molecule has 3 rings (SSSR count). The normalized spacial score (nSPS) is 22.6. The molecular weight excluding hydrogens is 257 g/mol. The average Bonchev–Trinajstić information content (AvgIpc) is 3.31. The second-order valence-electron chi connectivity index (χ2n) is 5.82. The van der Waals surface area contributed by atoms with Gasteiger partial charge in [0.05, 0.1) is 0 Å². The monoisotopic (exact) mass is 277 g/mol. The molecule has 1 aliphatic carbocycles. The van der Waals surface area contributed by atoms with Crippen molar-refractivity contribution in [2.45, 2.75) is 25.7 Å².